The number of piperidine rings is 1. The van der Waals surface area contributed by atoms with Crippen molar-refractivity contribution in [2.45, 2.75) is 88.6 Å². The Hall–Kier alpha value is -0.980. The molecule has 5 nitrogen and oxygen atoms in total. The van der Waals surface area contributed by atoms with Gasteiger partial charge in [-0.25, -0.2) is 4.98 Å². The van der Waals surface area contributed by atoms with E-state index in [-0.39, 0.29) is 11.3 Å². The van der Waals surface area contributed by atoms with E-state index < -0.39 is 0 Å². The minimum absolute atomic E-state index is 0.0203. The third-order valence-electron chi connectivity index (χ3n) is 8.77. The third kappa shape index (κ3) is 3.43. The number of hydrogen-bond donors (Lipinski definition) is 2. The third-order valence-corrected chi connectivity index (χ3v) is 9.98. The van der Waals surface area contributed by atoms with E-state index in [1.165, 1.54) is 66.9 Å². The molecule has 166 valence electrons. The normalized spacial score (nSPS) is 35.0. The lowest BCUT2D eigenvalue weighted by Crippen LogP contribution is -2.83. The summed E-state index contributed by atoms with van der Waals surface area (Å²) in [5.41, 5.74) is 1.31. The van der Waals surface area contributed by atoms with Gasteiger partial charge in [0.05, 0.1) is 30.6 Å². The van der Waals surface area contributed by atoms with Gasteiger partial charge in [-0.1, -0.05) is 19.3 Å². The number of amides is 1. The van der Waals surface area contributed by atoms with E-state index in [1.54, 1.807) is 0 Å². The van der Waals surface area contributed by atoms with Gasteiger partial charge in [0.2, 0.25) is 5.91 Å². The van der Waals surface area contributed by atoms with E-state index in [2.05, 4.69) is 29.5 Å². The molecule has 4 aliphatic rings. The van der Waals surface area contributed by atoms with Crippen LogP contribution in [0.1, 0.15) is 85.8 Å². The molecule has 6 heteroatoms. The highest BCUT2D eigenvalue weighted by molar-refractivity contribution is 7.11. The molecular formula is C24H40N4OS+2. The van der Waals surface area contributed by atoms with Gasteiger partial charge >= 0.3 is 0 Å². The van der Waals surface area contributed by atoms with Crippen molar-refractivity contribution < 1.29 is 15.4 Å². The van der Waals surface area contributed by atoms with Crippen LogP contribution in [0.2, 0.25) is 0 Å². The molecule has 1 aromatic rings. The maximum atomic E-state index is 14.2. The van der Waals surface area contributed by atoms with Crippen molar-refractivity contribution in [1.82, 2.24) is 9.88 Å². The van der Waals surface area contributed by atoms with E-state index >= 15 is 0 Å². The second kappa shape index (κ2) is 8.51. The Bertz CT molecular complexity index is 773. The summed E-state index contributed by atoms with van der Waals surface area (Å²) in [7, 11) is 2.17. The van der Waals surface area contributed by atoms with E-state index in [0.29, 0.717) is 18.0 Å². The van der Waals surface area contributed by atoms with Gasteiger partial charge in [0.15, 0.2) is 0 Å². The molecule has 30 heavy (non-hydrogen) atoms. The van der Waals surface area contributed by atoms with Gasteiger partial charge in [0, 0.05) is 23.9 Å². The van der Waals surface area contributed by atoms with Crippen LogP contribution in [0.5, 0.6) is 0 Å². The van der Waals surface area contributed by atoms with Gasteiger partial charge in [0.1, 0.15) is 17.7 Å². The molecule has 4 N–H and O–H groups in total. The Morgan fingerprint density at radius 1 is 1.17 bits per heavy atom. The van der Waals surface area contributed by atoms with E-state index in [9.17, 15) is 4.79 Å². The van der Waals surface area contributed by atoms with Crippen molar-refractivity contribution in [3.63, 3.8) is 0 Å². The van der Waals surface area contributed by atoms with Crippen LogP contribution in [-0.4, -0.2) is 48.5 Å². The molecule has 1 aromatic heterocycles. The van der Waals surface area contributed by atoms with Crippen LogP contribution in [0, 0.1) is 18.8 Å². The number of fused-ring (bicyclic) bond motifs is 2. The minimum atomic E-state index is 0.0203. The fraction of sp³-hybridized carbons (Fsp3) is 0.833. The Morgan fingerprint density at radius 3 is 2.77 bits per heavy atom. The van der Waals surface area contributed by atoms with Gasteiger partial charge in [-0.2, -0.15) is 0 Å². The summed E-state index contributed by atoms with van der Waals surface area (Å²) in [6, 6.07) is 0.976. The highest BCUT2D eigenvalue weighted by Gasteiger charge is 2.57. The van der Waals surface area contributed by atoms with E-state index in [1.807, 2.05) is 11.3 Å². The van der Waals surface area contributed by atoms with E-state index in [4.69, 9.17) is 4.98 Å². The smallest absolute Gasteiger partial charge is 0.232 e. The first-order valence-electron chi connectivity index (χ1n) is 12.5. The first kappa shape index (κ1) is 20.9. The summed E-state index contributed by atoms with van der Waals surface area (Å²) in [6.45, 7) is 5.16. The number of aromatic nitrogens is 1. The molecule has 0 aromatic carbocycles. The highest BCUT2D eigenvalue weighted by atomic mass is 32.1. The van der Waals surface area contributed by atoms with Crippen molar-refractivity contribution in [3.8, 4) is 0 Å². The summed E-state index contributed by atoms with van der Waals surface area (Å²) in [5.74, 6) is 1.36. The second-order valence-corrected chi connectivity index (χ2v) is 11.6. The molecule has 3 heterocycles. The molecule has 5 rings (SSSR count). The molecule has 1 spiro atoms. The number of nitrogens with two attached hydrogens (primary N) is 2. The van der Waals surface area contributed by atoms with Crippen LogP contribution >= 0.6 is 11.3 Å². The molecule has 2 aliphatic heterocycles. The average molecular weight is 433 g/mol. The maximum absolute atomic E-state index is 14.2. The zero-order chi connectivity index (χ0) is 20.7. The maximum Gasteiger partial charge on any atom is 0.232 e. The Kier molecular flexibility index (Phi) is 5.93. The first-order valence-corrected chi connectivity index (χ1v) is 13.3. The number of likely N-dealkylation sites (tertiary alicyclic amines) is 1. The fourth-order valence-electron chi connectivity index (χ4n) is 7.22. The highest BCUT2D eigenvalue weighted by Crippen LogP contribution is 2.49. The molecule has 4 atom stereocenters. The molecule has 2 unspecified atom stereocenters. The number of rotatable bonds is 3. The molecule has 0 radical (unpaired) electrons. The average Bonchev–Trinajstić information content (AvgIpc) is 3.39. The van der Waals surface area contributed by atoms with Crippen LogP contribution in [0.25, 0.3) is 0 Å². The van der Waals surface area contributed by atoms with Gasteiger partial charge in [-0.05, 0) is 51.4 Å². The molecule has 0 bridgehead atoms. The number of thiazole rings is 1. The SMILES string of the molecule is C[NH2+]C1CC[C@]2(C[NH2+]CC2C(=O)N2CCCC[C@H]2C2CCCCC2)c2sc(C)nc21. The van der Waals surface area contributed by atoms with E-state index in [0.717, 1.165) is 38.4 Å². The van der Waals surface area contributed by atoms with Crippen LogP contribution < -0.4 is 10.6 Å². The number of quaternary nitrogens is 2. The predicted octanol–water partition coefficient (Wildman–Crippen LogP) is 1.87. The lowest BCUT2D eigenvalue weighted by molar-refractivity contribution is -0.673. The quantitative estimate of drug-likeness (QED) is 0.766. The molecular weight excluding hydrogens is 392 g/mol. The number of carbonyl (C=O) groups excluding carboxylic acids is 1. The number of hydrogen-bond acceptors (Lipinski definition) is 3. The summed E-state index contributed by atoms with van der Waals surface area (Å²) in [6.07, 6.45) is 12.8. The van der Waals surface area contributed by atoms with Gasteiger partial charge < -0.3 is 15.5 Å². The summed E-state index contributed by atoms with van der Waals surface area (Å²) in [5, 5.41) is 5.92. The minimum Gasteiger partial charge on any atom is -0.345 e. The van der Waals surface area contributed by atoms with Crippen molar-refractivity contribution in [2.75, 3.05) is 26.7 Å². The monoisotopic (exact) mass is 432 g/mol. The van der Waals surface area contributed by atoms with Crippen LogP contribution in [-0.2, 0) is 10.2 Å². The number of nitrogens with zero attached hydrogens (tertiary/aromatic N) is 2. The Morgan fingerprint density at radius 2 is 1.97 bits per heavy atom. The topological polar surface area (TPSA) is 66.4 Å². The lowest BCUT2D eigenvalue weighted by atomic mass is 9.67. The molecule has 2 aliphatic carbocycles. The zero-order valence-corrected chi connectivity index (χ0v) is 19.7. The van der Waals surface area contributed by atoms with Gasteiger partial charge in [-0.15, -0.1) is 11.3 Å². The van der Waals surface area contributed by atoms with Crippen molar-refractivity contribution in [1.29, 1.82) is 0 Å². The molecule has 2 saturated heterocycles. The molecule has 3 fully saturated rings. The summed E-state index contributed by atoms with van der Waals surface area (Å²) in [4.78, 5) is 23.0. The lowest BCUT2D eigenvalue weighted by Gasteiger charge is -2.45. The van der Waals surface area contributed by atoms with Crippen LogP contribution in [0.3, 0.4) is 0 Å². The second-order valence-electron chi connectivity index (χ2n) is 10.4. The Balaban J connectivity index is 1.45. The predicted molar refractivity (Wildman–Crippen MR) is 119 cm³/mol. The van der Waals surface area contributed by atoms with Crippen molar-refractivity contribution in [2.24, 2.45) is 11.8 Å². The van der Waals surface area contributed by atoms with Crippen molar-refractivity contribution >= 4 is 17.2 Å². The summed E-state index contributed by atoms with van der Waals surface area (Å²) >= 11 is 1.88. The fourth-order valence-corrected chi connectivity index (χ4v) is 8.49. The van der Waals surface area contributed by atoms with Gasteiger partial charge in [0.25, 0.3) is 0 Å². The van der Waals surface area contributed by atoms with Gasteiger partial charge in [-0.3, -0.25) is 4.79 Å². The molecule has 1 saturated carbocycles. The largest absolute Gasteiger partial charge is 0.345 e. The standard InChI is InChI=1S/C24H38N4OS/c1-16-27-21-19(25-2)11-12-24(22(21)30-16)15-26-14-18(24)23(29)28-13-7-6-10-20(28)17-8-4-3-5-9-17/h17-20,25-26H,3-15H2,1-2H3/p+2/t18?,19?,20-,24+/m0/s1. The van der Waals surface area contributed by atoms with Crippen LogP contribution in [0.15, 0.2) is 0 Å². The zero-order valence-electron chi connectivity index (χ0n) is 18.9. The summed E-state index contributed by atoms with van der Waals surface area (Å²) < 4.78 is 0. The Labute approximate surface area is 185 Å². The number of carbonyl (C=O) groups is 1. The van der Waals surface area contributed by atoms with Crippen LogP contribution in [0.4, 0.5) is 0 Å². The number of aryl methyl sites for hydroxylation is 1. The molecule has 1 amide bonds. The van der Waals surface area contributed by atoms with Crippen molar-refractivity contribution in [3.05, 3.63) is 15.6 Å². The first-order chi connectivity index (χ1) is 14.6.